The molecule has 0 saturated carbocycles. The SMILES string of the molecule is CCOC(=O)c1sc2nc(CN(C)C)nc(Nc3ccc(F)c(OC)c3)c2c1C. The van der Waals surface area contributed by atoms with Crippen LogP contribution in [0.4, 0.5) is 15.9 Å². The van der Waals surface area contributed by atoms with E-state index in [0.717, 1.165) is 10.9 Å². The monoisotopic (exact) mass is 418 g/mol. The lowest BCUT2D eigenvalue weighted by atomic mass is 10.2. The van der Waals surface area contributed by atoms with Gasteiger partial charge in [0, 0.05) is 11.8 Å². The fourth-order valence-electron chi connectivity index (χ4n) is 2.89. The molecule has 7 nitrogen and oxygen atoms in total. The molecule has 154 valence electrons. The van der Waals surface area contributed by atoms with Crippen molar-refractivity contribution in [3.63, 3.8) is 0 Å². The van der Waals surface area contributed by atoms with Crippen molar-refractivity contribution in [3.8, 4) is 5.75 Å². The van der Waals surface area contributed by atoms with E-state index in [9.17, 15) is 9.18 Å². The average molecular weight is 418 g/mol. The third-order valence-corrected chi connectivity index (χ3v) is 5.33. The number of aromatic nitrogens is 2. The number of aryl methyl sites for hydroxylation is 1. The summed E-state index contributed by atoms with van der Waals surface area (Å²) in [5.74, 6) is 0.454. The van der Waals surface area contributed by atoms with E-state index >= 15 is 0 Å². The first kappa shape index (κ1) is 20.9. The highest BCUT2D eigenvalue weighted by Gasteiger charge is 2.22. The Morgan fingerprint density at radius 2 is 2.07 bits per heavy atom. The topological polar surface area (TPSA) is 76.6 Å². The number of methoxy groups -OCH3 is 1. The Labute approximate surface area is 172 Å². The first-order chi connectivity index (χ1) is 13.8. The number of carbonyl (C=O) groups is 1. The first-order valence-electron chi connectivity index (χ1n) is 9.06. The summed E-state index contributed by atoms with van der Waals surface area (Å²) in [6, 6.07) is 4.49. The summed E-state index contributed by atoms with van der Waals surface area (Å²) in [6.07, 6.45) is 0. The summed E-state index contributed by atoms with van der Waals surface area (Å²) >= 11 is 1.28. The molecule has 0 aliphatic heterocycles. The fourth-order valence-corrected chi connectivity index (χ4v) is 3.99. The molecule has 29 heavy (non-hydrogen) atoms. The Bertz CT molecular complexity index is 1050. The van der Waals surface area contributed by atoms with Gasteiger partial charge < -0.3 is 19.7 Å². The molecule has 3 aromatic rings. The van der Waals surface area contributed by atoms with Crippen LogP contribution in [-0.4, -0.2) is 48.6 Å². The number of benzene rings is 1. The fraction of sp³-hybridized carbons (Fsp3) is 0.350. The smallest absolute Gasteiger partial charge is 0.348 e. The molecule has 0 radical (unpaired) electrons. The van der Waals surface area contributed by atoms with Gasteiger partial charge in [-0.25, -0.2) is 19.2 Å². The summed E-state index contributed by atoms with van der Waals surface area (Å²) < 4.78 is 24.0. The maximum atomic E-state index is 13.8. The molecule has 0 spiro atoms. The predicted octanol–water partition coefficient (Wildman–Crippen LogP) is 4.13. The molecule has 0 bridgehead atoms. The minimum absolute atomic E-state index is 0.128. The van der Waals surface area contributed by atoms with Gasteiger partial charge in [0.1, 0.15) is 21.3 Å². The van der Waals surface area contributed by atoms with Crippen LogP contribution in [0.1, 0.15) is 28.0 Å². The second kappa shape index (κ2) is 8.71. The Morgan fingerprint density at radius 1 is 1.31 bits per heavy atom. The van der Waals surface area contributed by atoms with Crippen LogP contribution in [0.25, 0.3) is 10.2 Å². The van der Waals surface area contributed by atoms with E-state index in [0.29, 0.717) is 40.2 Å². The van der Waals surface area contributed by atoms with Gasteiger partial charge in [0.2, 0.25) is 0 Å². The van der Waals surface area contributed by atoms with Gasteiger partial charge in [0.25, 0.3) is 0 Å². The van der Waals surface area contributed by atoms with E-state index in [1.54, 1.807) is 19.1 Å². The first-order valence-corrected chi connectivity index (χ1v) is 9.88. The molecule has 0 aliphatic rings. The number of ether oxygens (including phenoxy) is 2. The molecular weight excluding hydrogens is 395 g/mol. The summed E-state index contributed by atoms with van der Waals surface area (Å²) in [5, 5.41) is 3.97. The lowest BCUT2D eigenvalue weighted by Gasteiger charge is -2.13. The van der Waals surface area contributed by atoms with Crippen molar-refractivity contribution in [3.05, 3.63) is 40.3 Å². The predicted molar refractivity (Wildman–Crippen MR) is 112 cm³/mol. The molecule has 0 saturated heterocycles. The Hall–Kier alpha value is -2.78. The van der Waals surface area contributed by atoms with E-state index < -0.39 is 5.82 Å². The Balaban J connectivity index is 2.13. The molecule has 2 heterocycles. The minimum atomic E-state index is -0.449. The molecule has 9 heteroatoms. The molecule has 0 amide bonds. The number of rotatable bonds is 7. The van der Waals surface area contributed by atoms with Crippen molar-refractivity contribution in [1.82, 2.24) is 14.9 Å². The average Bonchev–Trinajstić information content (AvgIpc) is 2.99. The van der Waals surface area contributed by atoms with E-state index in [1.807, 2.05) is 25.9 Å². The number of fused-ring (bicyclic) bond motifs is 1. The zero-order valence-electron chi connectivity index (χ0n) is 17.0. The molecule has 3 rings (SSSR count). The number of thiophene rings is 1. The Kier molecular flexibility index (Phi) is 6.29. The number of halogens is 1. The second-order valence-corrected chi connectivity index (χ2v) is 7.66. The summed E-state index contributed by atoms with van der Waals surface area (Å²) in [4.78, 5) is 24.8. The van der Waals surface area contributed by atoms with Crippen LogP contribution >= 0.6 is 11.3 Å². The van der Waals surface area contributed by atoms with Crippen molar-refractivity contribution in [2.45, 2.75) is 20.4 Å². The number of carbonyl (C=O) groups excluding carboxylic acids is 1. The summed E-state index contributed by atoms with van der Waals surface area (Å²) in [7, 11) is 5.26. The lowest BCUT2D eigenvalue weighted by Crippen LogP contribution is -2.14. The molecule has 1 N–H and O–H groups in total. The zero-order valence-corrected chi connectivity index (χ0v) is 17.8. The van der Waals surface area contributed by atoms with Gasteiger partial charge in [-0.3, -0.25) is 0 Å². The largest absolute Gasteiger partial charge is 0.494 e. The summed E-state index contributed by atoms with van der Waals surface area (Å²) in [6.45, 7) is 4.44. The number of nitrogens with zero attached hydrogens (tertiary/aromatic N) is 3. The van der Waals surface area contributed by atoms with Crippen LogP contribution < -0.4 is 10.1 Å². The third-order valence-electron chi connectivity index (χ3n) is 4.17. The van der Waals surface area contributed by atoms with Crippen molar-refractivity contribution < 1.29 is 18.7 Å². The van der Waals surface area contributed by atoms with Crippen LogP contribution in [0, 0.1) is 12.7 Å². The van der Waals surface area contributed by atoms with E-state index in [4.69, 9.17) is 9.47 Å². The number of anilines is 2. The number of hydrogen-bond acceptors (Lipinski definition) is 8. The lowest BCUT2D eigenvalue weighted by molar-refractivity contribution is 0.0531. The number of nitrogens with one attached hydrogen (secondary N) is 1. The molecule has 0 fully saturated rings. The van der Waals surface area contributed by atoms with Crippen LogP contribution in [0.15, 0.2) is 18.2 Å². The van der Waals surface area contributed by atoms with Crippen molar-refractivity contribution >= 4 is 39.0 Å². The molecule has 2 aromatic heterocycles. The minimum Gasteiger partial charge on any atom is -0.494 e. The normalized spacial score (nSPS) is 11.1. The van der Waals surface area contributed by atoms with Crippen molar-refractivity contribution in [2.75, 3.05) is 33.1 Å². The number of hydrogen-bond donors (Lipinski definition) is 1. The van der Waals surface area contributed by atoms with Gasteiger partial charge in [-0.05, 0) is 45.6 Å². The van der Waals surface area contributed by atoms with Crippen molar-refractivity contribution in [2.24, 2.45) is 0 Å². The Morgan fingerprint density at radius 3 is 2.72 bits per heavy atom. The quantitative estimate of drug-likeness (QED) is 0.578. The van der Waals surface area contributed by atoms with Gasteiger partial charge in [0.05, 0.1) is 25.6 Å². The van der Waals surface area contributed by atoms with Gasteiger partial charge in [-0.1, -0.05) is 0 Å². The van der Waals surface area contributed by atoms with Crippen LogP contribution in [0.3, 0.4) is 0 Å². The molecule has 0 atom stereocenters. The molecule has 0 unspecified atom stereocenters. The van der Waals surface area contributed by atoms with Gasteiger partial charge >= 0.3 is 5.97 Å². The van der Waals surface area contributed by atoms with E-state index in [-0.39, 0.29) is 11.7 Å². The standard InChI is InChI=1S/C20H23FN4O3S/c1-6-28-20(26)17-11(2)16-18(22-12-7-8-13(21)14(9-12)27-5)23-15(10-25(3)4)24-19(16)29-17/h7-9H,6,10H2,1-5H3,(H,22,23,24). The second-order valence-electron chi connectivity index (χ2n) is 6.66. The highest BCUT2D eigenvalue weighted by molar-refractivity contribution is 7.20. The maximum absolute atomic E-state index is 13.8. The maximum Gasteiger partial charge on any atom is 0.348 e. The van der Waals surface area contributed by atoms with Crippen LogP contribution in [-0.2, 0) is 11.3 Å². The number of esters is 1. The zero-order chi connectivity index (χ0) is 21.1. The molecule has 1 aromatic carbocycles. The third kappa shape index (κ3) is 4.46. The molecule has 0 aliphatic carbocycles. The van der Waals surface area contributed by atoms with Crippen LogP contribution in [0.2, 0.25) is 0 Å². The highest BCUT2D eigenvalue weighted by Crippen LogP contribution is 2.36. The molecular formula is C20H23FN4O3S. The van der Waals surface area contributed by atoms with Gasteiger partial charge in [-0.2, -0.15) is 0 Å². The van der Waals surface area contributed by atoms with Gasteiger partial charge in [0.15, 0.2) is 11.6 Å². The van der Waals surface area contributed by atoms with Crippen LogP contribution in [0.5, 0.6) is 5.75 Å². The van der Waals surface area contributed by atoms with E-state index in [1.165, 1.54) is 24.5 Å². The van der Waals surface area contributed by atoms with Gasteiger partial charge in [-0.15, -0.1) is 11.3 Å². The van der Waals surface area contributed by atoms with E-state index in [2.05, 4.69) is 15.3 Å². The highest BCUT2D eigenvalue weighted by atomic mass is 32.1. The van der Waals surface area contributed by atoms with Crippen molar-refractivity contribution in [1.29, 1.82) is 0 Å². The summed E-state index contributed by atoms with van der Waals surface area (Å²) in [5.41, 5.74) is 1.36.